The van der Waals surface area contributed by atoms with Gasteiger partial charge in [-0.2, -0.15) is 0 Å². The van der Waals surface area contributed by atoms with Gasteiger partial charge in [-0.25, -0.2) is 13.1 Å². The average molecular weight is 279 g/mol. The highest BCUT2D eigenvalue weighted by molar-refractivity contribution is 7.89. The van der Waals surface area contributed by atoms with Gasteiger partial charge in [-0.3, -0.25) is 0 Å². The molecule has 0 aromatic heterocycles. The molecule has 0 fully saturated rings. The van der Waals surface area contributed by atoms with Crippen molar-refractivity contribution in [1.29, 1.82) is 0 Å². The predicted octanol–water partition coefficient (Wildman–Crippen LogP) is 3.18. The maximum atomic E-state index is 12.2. The number of nitrogens with one attached hydrogen (secondary N) is 1. The Bertz CT molecular complexity index is 518. The SMILES string of the molecule is C=CCCCC(C=C)NS(=O)(=O)c1ccc(C)cc1. The number of hydrogen-bond donors (Lipinski definition) is 1. The summed E-state index contributed by atoms with van der Waals surface area (Å²) in [4.78, 5) is 0.286. The molecule has 1 rings (SSSR count). The van der Waals surface area contributed by atoms with E-state index in [1.54, 1.807) is 30.3 Å². The molecule has 0 amide bonds. The van der Waals surface area contributed by atoms with Crippen molar-refractivity contribution in [2.45, 2.75) is 37.1 Å². The lowest BCUT2D eigenvalue weighted by atomic mass is 10.1. The Morgan fingerprint density at radius 3 is 2.42 bits per heavy atom. The lowest BCUT2D eigenvalue weighted by Gasteiger charge is -2.14. The molecule has 1 atom stereocenters. The fourth-order valence-electron chi connectivity index (χ4n) is 1.69. The standard InChI is InChI=1S/C15H21NO2S/c1-4-6-7-8-14(5-2)16-19(17,18)15-11-9-13(3)10-12-15/h4-5,9-12,14,16H,1-2,6-8H2,3H3. The van der Waals surface area contributed by atoms with Crippen LogP contribution in [0.4, 0.5) is 0 Å². The second-order valence-corrected chi connectivity index (χ2v) is 6.21. The molecule has 1 aromatic carbocycles. The zero-order valence-electron chi connectivity index (χ0n) is 11.3. The van der Waals surface area contributed by atoms with Crippen molar-refractivity contribution in [3.05, 3.63) is 55.1 Å². The Hall–Kier alpha value is -1.39. The molecule has 4 heteroatoms. The zero-order chi connectivity index (χ0) is 14.3. The number of aryl methyl sites for hydroxylation is 1. The molecule has 0 aliphatic carbocycles. The van der Waals surface area contributed by atoms with Crippen LogP contribution in [0.5, 0.6) is 0 Å². The van der Waals surface area contributed by atoms with E-state index in [0.29, 0.717) is 0 Å². The molecule has 1 N–H and O–H groups in total. The van der Waals surface area contributed by atoms with Gasteiger partial charge in [0.05, 0.1) is 4.90 Å². The van der Waals surface area contributed by atoms with Gasteiger partial charge in [0.2, 0.25) is 10.0 Å². The molecule has 1 unspecified atom stereocenters. The molecule has 19 heavy (non-hydrogen) atoms. The lowest BCUT2D eigenvalue weighted by molar-refractivity contribution is 0.557. The van der Waals surface area contributed by atoms with Crippen LogP contribution in [0.15, 0.2) is 54.5 Å². The van der Waals surface area contributed by atoms with Crippen LogP contribution >= 0.6 is 0 Å². The fourth-order valence-corrected chi connectivity index (χ4v) is 2.93. The second kappa shape index (κ2) is 7.26. The Kier molecular flexibility index (Phi) is 5.99. The van der Waals surface area contributed by atoms with Gasteiger partial charge < -0.3 is 0 Å². The molecule has 0 aliphatic rings. The molecule has 1 aromatic rings. The van der Waals surface area contributed by atoms with E-state index in [1.165, 1.54) is 0 Å². The summed E-state index contributed by atoms with van der Waals surface area (Å²) < 4.78 is 27.0. The summed E-state index contributed by atoms with van der Waals surface area (Å²) in [5.41, 5.74) is 1.03. The molecule has 0 radical (unpaired) electrons. The maximum absolute atomic E-state index is 12.2. The summed E-state index contributed by atoms with van der Waals surface area (Å²) in [5.74, 6) is 0. The molecule has 0 bridgehead atoms. The Morgan fingerprint density at radius 2 is 1.89 bits per heavy atom. The minimum atomic E-state index is -3.47. The fraction of sp³-hybridized carbons (Fsp3) is 0.333. The van der Waals surface area contributed by atoms with Crippen LogP contribution in [0.1, 0.15) is 24.8 Å². The zero-order valence-corrected chi connectivity index (χ0v) is 12.1. The van der Waals surface area contributed by atoms with Crippen LogP contribution in [-0.4, -0.2) is 14.5 Å². The summed E-state index contributed by atoms with van der Waals surface area (Å²) in [6.45, 7) is 9.25. The quantitative estimate of drug-likeness (QED) is 0.587. The molecule has 0 heterocycles. The third-order valence-electron chi connectivity index (χ3n) is 2.85. The summed E-state index contributed by atoms with van der Waals surface area (Å²) in [7, 11) is -3.47. The minimum absolute atomic E-state index is 0.244. The first-order valence-corrected chi connectivity index (χ1v) is 7.80. The van der Waals surface area contributed by atoms with Gasteiger partial charge in [-0.1, -0.05) is 29.8 Å². The Labute approximate surface area is 116 Å². The van der Waals surface area contributed by atoms with E-state index in [1.807, 2.05) is 13.0 Å². The van der Waals surface area contributed by atoms with Gasteiger partial charge in [-0.15, -0.1) is 13.2 Å². The third-order valence-corrected chi connectivity index (χ3v) is 4.35. The highest BCUT2D eigenvalue weighted by Crippen LogP contribution is 2.12. The van der Waals surface area contributed by atoms with Crippen LogP contribution < -0.4 is 4.72 Å². The first-order valence-electron chi connectivity index (χ1n) is 6.32. The molecule has 104 valence electrons. The van der Waals surface area contributed by atoms with Crippen LogP contribution in [0.3, 0.4) is 0 Å². The van der Waals surface area contributed by atoms with E-state index in [9.17, 15) is 8.42 Å². The predicted molar refractivity (Wildman–Crippen MR) is 79.5 cm³/mol. The van der Waals surface area contributed by atoms with Crippen molar-refractivity contribution in [3.63, 3.8) is 0 Å². The first-order chi connectivity index (χ1) is 8.99. The molecule has 0 aliphatic heterocycles. The average Bonchev–Trinajstić information content (AvgIpc) is 2.38. The van der Waals surface area contributed by atoms with Crippen molar-refractivity contribution >= 4 is 10.0 Å². The second-order valence-electron chi connectivity index (χ2n) is 4.50. The van der Waals surface area contributed by atoms with E-state index in [-0.39, 0.29) is 10.9 Å². The van der Waals surface area contributed by atoms with Crippen molar-refractivity contribution in [1.82, 2.24) is 4.72 Å². The molecule has 0 saturated heterocycles. The van der Waals surface area contributed by atoms with E-state index in [2.05, 4.69) is 17.9 Å². The van der Waals surface area contributed by atoms with Crippen molar-refractivity contribution in [3.8, 4) is 0 Å². The van der Waals surface area contributed by atoms with E-state index >= 15 is 0 Å². The van der Waals surface area contributed by atoms with E-state index in [0.717, 1.165) is 24.8 Å². The third kappa shape index (κ3) is 5.01. The molecule has 0 saturated carbocycles. The summed E-state index contributed by atoms with van der Waals surface area (Å²) in [6, 6.07) is 6.55. The summed E-state index contributed by atoms with van der Waals surface area (Å²) >= 11 is 0. The first kappa shape index (κ1) is 15.7. The topological polar surface area (TPSA) is 46.2 Å². The number of benzene rings is 1. The maximum Gasteiger partial charge on any atom is 0.241 e. The minimum Gasteiger partial charge on any atom is -0.207 e. The highest BCUT2D eigenvalue weighted by atomic mass is 32.2. The van der Waals surface area contributed by atoms with Gasteiger partial charge in [-0.05, 0) is 38.3 Å². The largest absolute Gasteiger partial charge is 0.241 e. The van der Waals surface area contributed by atoms with Gasteiger partial charge in [0.1, 0.15) is 0 Å². The van der Waals surface area contributed by atoms with Gasteiger partial charge in [0.25, 0.3) is 0 Å². The van der Waals surface area contributed by atoms with Crippen molar-refractivity contribution < 1.29 is 8.42 Å². The van der Waals surface area contributed by atoms with Crippen molar-refractivity contribution in [2.75, 3.05) is 0 Å². The van der Waals surface area contributed by atoms with E-state index < -0.39 is 10.0 Å². The normalized spacial score (nSPS) is 12.9. The van der Waals surface area contributed by atoms with Gasteiger partial charge in [0.15, 0.2) is 0 Å². The van der Waals surface area contributed by atoms with Gasteiger partial charge in [0, 0.05) is 6.04 Å². The summed E-state index contributed by atoms with van der Waals surface area (Å²) in [6.07, 6.45) is 5.94. The van der Waals surface area contributed by atoms with Crippen LogP contribution in [0.25, 0.3) is 0 Å². The molecular formula is C15H21NO2S. The molecule has 3 nitrogen and oxygen atoms in total. The monoisotopic (exact) mass is 279 g/mol. The number of unbranched alkanes of at least 4 members (excludes halogenated alkanes) is 1. The number of sulfonamides is 1. The number of hydrogen-bond acceptors (Lipinski definition) is 2. The molecular weight excluding hydrogens is 258 g/mol. The van der Waals surface area contributed by atoms with Crippen LogP contribution in [-0.2, 0) is 10.0 Å². The Balaban J connectivity index is 2.74. The molecule has 0 spiro atoms. The Morgan fingerprint density at radius 1 is 1.26 bits per heavy atom. The number of rotatable bonds is 8. The van der Waals surface area contributed by atoms with Crippen LogP contribution in [0.2, 0.25) is 0 Å². The van der Waals surface area contributed by atoms with Crippen molar-refractivity contribution in [2.24, 2.45) is 0 Å². The lowest BCUT2D eigenvalue weighted by Crippen LogP contribution is -2.33. The summed E-state index contributed by atoms with van der Waals surface area (Å²) in [5, 5.41) is 0. The highest BCUT2D eigenvalue weighted by Gasteiger charge is 2.17. The number of allylic oxidation sites excluding steroid dienone is 1. The van der Waals surface area contributed by atoms with Crippen LogP contribution in [0, 0.1) is 6.92 Å². The van der Waals surface area contributed by atoms with E-state index in [4.69, 9.17) is 0 Å². The van der Waals surface area contributed by atoms with Gasteiger partial charge >= 0.3 is 0 Å². The smallest absolute Gasteiger partial charge is 0.207 e.